The zero-order chi connectivity index (χ0) is 28.4. The predicted octanol–water partition coefficient (Wildman–Crippen LogP) is 6.30. The number of hydrogen-bond acceptors (Lipinski definition) is 5. The molecule has 1 aliphatic carbocycles. The molecule has 206 valence electrons. The summed E-state index contributed by atoms with van der Waals surface area (Å²) in [7, 11) is 1.72. The van der Waals surface area contributed by atoms with Crippen molar-refractivity contribution in [2.45, 2.75) is 58.5 Å². The number of carbonyl (C=O) groups is 1. The third-order valence-electron chi connectivity index (χ3n) is 7.33. The van der Waals surface area contributed by atoms with E-state index in [4.69, 9.17) is 4.98 Å². The van der Waals surface area contributed by atoms with Crippen LogP contribution in [0.2, 0.25) is 0 Å². The summed E-state index contributed by atoms with van der Waals surface area (Å²) in [5.41, 5.74) is 6.61. The van der Waals surface area contributed by atoms with E-state index in [-0.39, 0.29) is 22.7 Å². The van der Waals surface area contributed by atoms with Crippen LogP contribution >= 0.6 is 0 Å². The van der Waals surface area contributed by atoms with Gasteiger partial charge in [0.15, 0.2) is 5.82 Å². The first-order chi connectivity index (χ1) is 19.1. The largest absolute Gasteiger partial charge is 0.336 e. The summed E-state index contributed by atoms with van der Waals surface area (Å²) in [5, 5.41) is 9.75. The van der Waals surface area contributed by atoms with Gasteiger partial charge in [-0.2, -0.15) is 0 Å². The fourth-order valence-electron chi connectivity index (χ4n) is 4.57. The van der Waals surface area contributed by atoms with Crippen molar-refractivity contribution >= 4 is 23.1 Å². The number of nitrogens with one attached hydrogen (secondary N) is 3. The van der Waals surface area contributed by atoms with E-state index in [1.165, 1.54) is 28.5 Å². The van der Waals surface area contributed by atoms with Crippen molar-refractivity contribution in [2.75, 3.05) is 10.6 Å². The highest BCUT2D eigenvalue weighted by Gasteiger charge is 2.20. The number of carbonyl (C=O) groups excluding carboxylic acids is 1. The minimum atomic E-state index is -0.218. The second-order valence-electron chi connectivity index (χ2n) is 11.6. The monoisotopic (exact) mass is 535 g/mol. The number of amides is 1. The van der Waals surface area contributed by atoms with E-state index in [2.05, 4.69) is 48.9 Å². The second kappa shape index (κ2) is 11.1. The average Bonchev–Trinajstić information content (AvgIpc) is 3.76. The van der Waals surface area contributed by atoms with E-state index in [9.17, 15) is 9.59 Å². The van der Waals surface area contributed by atoms with Crippen LogP contribution in [0.15, 0.2) is 77.7 Å². The van der Waals surface area contributed by atoms with Gasteiger partial charge in [0.2, 0.25) is 0 Å². The molecule has 0 saturated heterocycles. The van der Waals surface area contributed by atoms with E-state index >= 15 is 0 Å². The molecule has 40 heavy (non-hydrogen) atoms. The SMILES string of the molecule is Cc1c(NC(=O)c2ccc(C(C)(C)C)cc2)cccc1-c1cn(C)c(=O)c(Nc2ccc(CNC3CC3)cc2)n1. The summed E-state index contributed by atoms with van der Waals surface area (Å²) in [4.78, 5) is 30.7. The van der Waals surface area contributed by atoms with Crippen LogP contribution in [0.1, 0.15) is 60.7 Å². The van der Waals surface area contributed by atoms with Gasteiger partial charge in [0.25, 0.3) is 11.5 Å². The Labute approximate surface area is 235 Å². The van der Waals surface area contributed by atoms with Gasteiger partial charge >= 0.3 is 0 Å². The van der Waals surface area contributed by atoms with Crippen LogP contribution < -0.4 is 21.5 Å². The molecule has 1 heterocycles. The molecule has 0 radical (unpaired) electrons. The van der Waals surface area contributed by atoms with E-state index in [1.807, 2.05) is 61.5 Å². The summed E-state index contributed by atoms with van der Waals surface area (Å²) >= 11 is 0. The molecule has 4 aromatic rings. The van der Waals surface area contributed by atoms with Crippen molar-refractivity contribution in [3.05, 3.63) is 106 Å². The molecule has 1 amide bonds. The van der Waals surface area contributed by atoms with E-state index < -0.39 is 0 Å². The smallest absolute Gasteiger partial charge is 0.293 e. The van der Waals surface area contributed by atoms with Gasteiger partial charge in [0.05, 0.1) is 5.69 Å². The Hall–Kier alpha value is -4.23. The molecule has 0 atom stereocenters. The topological polar surface area (TPSA) is 88.0 Å². The van der Waals surface area contributed by atoms with Gasteiger partial charge in [0, 0.05) is 48.3 Å². The third kappa shape index (κ3) is 6.32. The van der Waals surface area contributed by atoms with Crippen LogP contribution in [-0.2, 0) is 19.0 Å². The second-order valence-corrected chi connectivity index (χ2v) is 11.6. The average molecular weight is 536 g/mol. The zero-order valence-corrected chi connectivity index (χ0v) is 23.8. The molecule has 3 aromatic carbocycles. The number of aromatic nitrogens is 2. The van der Waals surface area contributed by atoms with Gasteiger partial charge in [0.1, 0.15) is 0 Å². The molecule has 1 aromatic heterocycles. The third-order valence-corrected chi connectivity index (χ3v) is 7.33. The Morgan fingerprint density at radius 1 is 1.00 bits per heavy atom. The lowest BCUT2D eigenvalue weighted by Crippen LogP contribution is -2.21. The maximum Gasteiger partial charge on any atom is 0.293 e. The summed E-state index contributed by atoms with van der Waals surface area (Å²) < 4.78 is 1.53. The number of hydrogen-bond donors (Lipinski definition) is 3. The molecule has 7 nitrogen and oxygen atoms in total. The molecule has 0 aliphatic heterocycles. The first-order valence-electron chi connectivity index (χ1n) is 13.8. The molecule has 1 saturated carbocycles. The molecule has 1 fully saturated rings. The van der Waals surface area contributed by atoms with Crippen LogP contribution in [-0.4, -0.2) is 21.5 Å². The summed E-state index contributed by atoms with van der Waals surface area (Å²) in [5.74, 6) is 0.0731. The molecule has 7 heteroatoms. The van der Waals surface area contributed by atoms with Crippen LogP contribution in [0.5, 0.6) is 0 Å². The van der Waals surface area contributed by atoms with Crippen molar-refractivity contribution in [1.82, 2.24) is 14.9 Å². The molecule has 0 unspecified atom stereocenters. The van der Waals surface area contributed by atoms with E-state index in [1.54, 1.807) is 13.2 Å². The molecule has 3 N–H and O–H groups in total. The fraction of sp³-hybridized carbons (Fsp3) is 0.303. The van der Waals surface area contributed by atoms with Gasteiger partial charge in [-0.1, -0.05) is 57.2 Å². The Morgan fingerprint density at radius 2 is 1.70 bits per heavy atom. The number of nitrogens with zero attached hydrogens (tertiary/aromatic N) is 2. The lowest BCUT2D eigenvalue weighted by Gasteiger charge is -2.19. The summed E-state index contributed by atoms with van der Waals surface area (Å²) in [6.45, 7) is 9.23. The molecule has 0 spiro atoms. The maximum absolute atomic E-state index is 13.0. The number of anilines is 3. The van der Waals surface area contributed by atoms with Gasteiger partial charge in [-0.3, -0.25) is 9.59 Å². The first kappa shape index (κ1) is 27.3. The highest BCUT2D eigenvalue weighted by molar-refractivity contribution is 6.05. The number of aryl methyl sites for hydroxylation is 1. The number of rotatable bonds is 8. The van der Waals surface area contributed by atoms with Crippen LogP contribution in [0.4, 0.5) is 17.2 Å². The lowest BCUT2D eigenvalue weighted by molar-refractivity contribution is 0.102. The standard InChI is InChI=1S/C33H37N5O2/c1-21-27(7-6-8-28(21)37-31(39)23-11-13-24(14-12-23)33(2,3)4)29-20-38(5)32(40)30(36-29)35-26-15-9-22(10-16-26)19-34-25-17-18-25/h6-16,20,25,34H,17-19H2,1-5H3,(H,35,36)(H,37,39). The van der Waals surface area contributed by atoms with Crippen LogP contribution in [0, 0.1) is 6.92 Å². The maximum atomic E-state index is 13.0. The molecule has 5 rings (SSSR count). The fourth-order valence-corrected chi connectivity index (χ4v) is 4.57. The van der Waals surface area contributed by atoms with Gasteiger partial charge in [-0.05, 0) is 72.2 Å². The Bertz CT molecular complexity index is 1580. The van der Waals surface area contributed by atoms with Crippen LogP contribution in [0.3, 0.4) is 0 Å². The van der Waals surface area contributed by atoms with Gasteiger partial charge in [-0.25, -0.2) is 4.98 Å². The highest BCUT2D eigenvalue weighted by Crippen LogP contribution is 2.29. The Morgan fingerprint density at radius 3 is 2.35 bits per heavy atom. The van der Waals surface area contributed by atoms with Crippen molar-refractivity contribution in [1.29, 1.82) is 0 Å². The number of benzene rings is 3. The highest BCUT2D eigenvalue weighted by atomic mass is 16.1. The summed E-state index contributed by atoms with van der Waals surface area (Å²) in [6.07, 6.45) is 4.23. The van der Waals surface area contributed by atoms with E-state index in [0.717, 1.165) is 23.4 Å². The summed E-state index contributed by atoms with van der Waals surface area (Å²) in [6, 6.07) is 22.1. The lowest BCUT2D eigenvalue weighted by atomic mass is 9.86. The normalized spacial score (nSPS) is 13.2. The van der Waals surface area contributed by atoms with Crippen molar-refractivity contribution in [3.8, 4) is 11.3 Å². The van der Waals surface area contributed by atoms with E-state index in [0.29, 0.717) is 23.0 Å². The van der Waals surface area contributed by atoms with Crippen LogP contribution in [0.25, 0.3) is 11.3 Å². The first-order valence-corrected chi connectivity index (χ1v) is 13.8. The van der Waals surface area contributed by atoms with Gasteiger partial charge in [-0.15, -0.1) is 0 Å². The zero-order valence-electron chi connectivity index (χ0n) is 23.8. The Balaban J connectivity index is 1.35. The minimum absolute atomic E-state index is 0.0207. The molecular formula is C33H37N5O2. The Kier molecular flexibility index (Phi) is 7.59. The van der Waals surface area contributed by atoms with Crippen molar-refractivity contribution in [2.24, 2.45) is 7.05 Å². The van der Waals surface area contributed by atoms with Crippen molar-refractivity contribution < 1.29 is 4.79 Å². The van der Waals surface area contributed by atoms with Crippen molar-refractivity contribution in [3.63, 3.8) is 0 Å². The quantitative estimate of drug-likeness (QED) is 0.246. The minimum Gasteiger partial charge on any atom is -0.336 e. The molecule has 0 bridgehead atoms. The molecular weight excluding hydrogens is 498 g/mol. The predicted molar refractivity (Wildman–Crippen MR) is 162 cm³/mol. The van der Waals surface area contributed by atoms with Gasteiger partial charge < -0.3 is 20.5 Å². The molecule has 1 aliphatic rings.